The first-order valence-corrected chi connectivity index (χ1v) is 8.91. The number of hydrogen-bond donors (Lipinski definition) is 0. The van der Waals surface area contributed by atoms with Crippen molar-refractivity contribution in [3.63, 3.8) is 0 Å². The van der Waals surface area contributed by atoms with Crippen molar-refractivity contribution in [2.24, 2.45) is 0 Å². The van der Waals surface area contributed by atoms with Crippen LogP contribution in [0.15, 0.2) is 64.9 Å². The molecule has 0 unspecified atom stereocenters. The van der Waals surface area contributed by atoms with Crippen LogP contribution in [0.25, 0.3) is 0 Å². The Kier molecular flexibility index (Phi) is 4.71. The molecule has 0 aliphatic rings. The molecular formula is C17H17N3O4S. The van der Waals surface area contributed by atoms with Crippen molar-refractivity contribution in [1.82, 2.24) is 14.5 Å². The van der Waals surface area contributed by atoms with Gasteiger partial charge in [0.15, 0.2) is 0 Å². The number of sulfone groups is 1. The van der Waals surface area contributed by atoms with Crippen LogP contribution in [-0.2, 0) is 16.4 Å². The van der Waals surface area contributed by atoms with E-state index >= 15 is 0 Å². The molecule has 0 spiro atoms. The molecule has 0 saturated carbocycles. The predicted molar refractivity (Wildman–Crippen MR) is 90.6 cm³/mol. The normalized spacial score (nSPS) is 11.3. The standard InChI is InChI=1S/C17H17N3O4S/c1-23-16-8-7-15(17(19-16)24-2)25(21,22)14-5-3-13(4-6-14)11-20-10-9-18-12-20/h3-10,12H,11H2,1-2H3. The van der Waals surface area contributed by atoms with Gasteiger partial charge in [-0.3, -0.25) is 0 Å². The van der Waals surface area contributed by atoms with Gasteiger partial charge in [0.1, 0.15) is 4.90 Å². The molecule has 0 radical (unpaired) electrons. The van der Waals surface area contributed by atoms with E-state index in [1.54, 1.807) is 36.8 Å². The summed E-state index contributed by atoms with van der Waals surface area (Å²) in [5.74, 6) is 0.285. The number of benzene rings is 1. The minimum Gasteiger partial charge on any atom is -0.481 e. The average molecular weight is 359 g/mol. The van der Waals surface area contributed by atoms with E-state index in [1.165, 1.54) is 26.4 Å². The lowest BCUT2D eigenvalue weighted by Crippen LogP contribution is -2.06. The second-order valence-electron chi connectivity index (χ2n) is 5.24. The van der Waals surface area contributed by atoms with Crippen molar-refractivity contribution < 1.29 is 17.9 Å². The quantitative estimate of drug-likeness (QED) is 0.671. The van der Waals surface area contributed by atoms with Crippen LogP contribution in [0.3, 0.4) is 0 Å². The molecule has 0 amide bonds. The molecule has 3 rings (SSSR count). The third kappa shape index (κ3) is 3.48. The molecule has 8 heteroatoms. The molecule has 0 N–H and O–H groups in total. The maximum Gasteiger partial charge on any atom is 0.235 e. The molecule has 25 heavy (non-hydrogen) atoms. The zero-order chi connectivity index (χ0) is 17.9. The van der Waals surface area contributed by atoms with Gasteiger partial charge in [0, 0.05) is 25.0 Å². The van der Waals surface area contributed by atoms with Crippen LogP contribution in [0.2, 0.25) is 0 Å². The number of methoxy groups -OCH3 is 2. The summed E-state index contributed by atoms with van der Waals surface area (Å²) in [6.07, 6.45) is 5.25. The SMILES string of the molecule is COc1ccc(S(=O)(=O)c2ccc(Cn3ccnc3)cc2)c(OC)n1. The van der Waals surface area contributed by atoms with Crippen molar-refractivity contribution in [2.45, 2.75) is 16.3 Å². The largest absolute Gasteiger partial charge is 0.481 e. The molecule has 2 aromatic heterocycles. The minimum atomic E-state index is -3.75. The fourth-order valence-electron chi connectivity index (χ4n) is 2.37. The van der Waals surface area contributed by atoms with Gasteiger partial charge in [-0.25, -0.2) is 13.4 Å². The van der Waals surface area contributed by atoms with Gasteiger partial charge in [-0.1, -0.05) is 12.1 Å². The third-order valence-corrected chi connectivity index (χ3v) is 5.43. The zero-order valence-electron chi connectivity index (χ0n) is 13.8. The van der Waals surface area contributed by atoms with Crippen molar-refractivity contribution in [3.05, 3.63) is 60.7 Å². The number of rotatable bonds is 6. The molecule has 130 valence electrons. The smallest absolute Gasteiger partial charge is 0.235 e. The number of nitrogens with zero attached hydrogens (tertiary/aromatic N) is 3. The van der Waals surface area contributed by atoms with Crippen LogP contribution in [0, 0.1) is 0 Å². The molecule has 0 atom stereocenters. The van der Waals surface area contributed by atoms with E-state index in [1.807, 2.05) is 10.8 Å². The van der Waals surface area contributed by atoms with Gasteiger partial charge in [-0.2, -0.15) is 4.98 Å². The molecular weight excluding hydrogens is 342 g/mol. The second kappa shape index (κ2) is 6.94. The minimum absolute atomic E-state index is 0.00170. The summed E-state index contributed by atoms with van der Waals surface area (Å²) in [6.45, 7) is 0.619. The van der Waals surface area contributed by atoms with Crippen molar-refractivity contribution in [1.29, 1.82) is 0 Å². The Bertz CT molecular complexity index is 952. The Balaban J connectivity index is 1.92. The number of hydrogen-bond acceptors (Lipinski definition) is 6. The fraction of sp³-hybridized carbons (Fsp3) is 0.176. The first-order valence-electron chi connectivity index (χ1n) is 7.43. The predicted octanol–water partition coefficient (Wildman–Crippen LogP) is 2.18. The number of aromatic nitrogens is 3. The van der Waals surface area contributed by atoms with Crippen LogP contribution in [0.4, 0.5) is 0 Å². The summed E-state index contributed by atoms with van der Waals surface area (Å²) < 4.78 is 37.7. The molecule has 2 heterocycles. The van der Waals surface area contributed by atoms with Crippen LogP contribution < -0.4 is 9.47 Å². The van der Waals surface area contributed by atoms with Crippen LogP contribution in [0.5, 0.6) is 11.8 Å². The van der Waals surface area contributed by atoms with E-state index in [0.717, 1.165) is 5.56 Å². The van der Waals surface area contributed by atoms with Gasteiger partial charge in [0.05, 0.1) is 25.4 Å². The van der Waals surface area contributed by atoms with E-state index < -0.39 is 9.84 Å². The summed E-state index contributed by atoms with van der Waals surface area (Å²) in [7, 11) is -0.924. The van der Waals surface area contributed by atoms with Gasteiger partial charge >= 0.3 is 0 Å². The summed E-state index contributed by atoms with van der Waals surface area (Å²) in [6, 6.07) is 9.62. The maximum absolute atomic E-state index is 12.9. The molecule has 0 fully saturated rings. The highest BCUT2D eigenvalue weighted by Gasteiger charge is 2.23. The van der Waals surface area contributed by atoms with E-state index in [9.17, 15) is 8.42 Å². The molecule has 0 bridgehead atoms. The highest BCUT2D eigenvalue weighted by Crippen LogP contribution is 2.29. The fourth-order valence-corrected chi connectivity index (χ4v) is 3.72. The Morgan fingerprint density at radius 2 is 1.80 bits per heavy atom. The number of ether oxygens (including phenoxy) is 2. The van der Waals surface area contributed by atoms with Gasteiger partial charge in [-0.15, -0.1) is 0 Å². The van der Waals surface area contributed by atoms with Crippen molar-refractivity contribution in [3.8, 4) is 11.8 Å². The Hall–Kier alpha value is -2.87. The van der Waals surface area contributed by atoms with Gasteiger partial charge in [-0.05, 0) is 23.8 Å². The lowest BCUT2D eigenvalue weighted by Gasteiger charge is -2.10. The van der Waals surface area contributed by atoms with Gasteiger partial charge in [0.2, 0.25) is 21.6 Å². The monoisotopic (exact) mass is 359 g/mol. The van der Waals surface area contributed by atoms with Crippen molar-refractivity contribution >= 4 is 9.84 Å². The highest BCUT2D eigenvalue weighted by atomic mass is 32.2. The van der Waals surface area contributed by atoms with Crippen molar-refractivity contribution in [2.75, 3.05) is 14.2 Å². The van der Waals surface area contributed by atoms with Gasteiger partial charge in [0.25, 0.3) is 0 Å². The van der Waals surface area contributed by atoms with Crippen LogP contribution in [0.1, 0.15) is 5.56 Å². The van der Waals surface area contributed by atoms with Crippen LogP contribution >= 0.6 is 0 Å². The summed E-state index contributed by atoms with van der Waals surface area (Å²) in [5.41, 5.74) is 0.969. The average Bonchev–Trinajstić information content (AvgIpc) is 3.14. The summed E-state index contributed by atoms with van der Waals surface area (Å²) in [5, 5.41) is 0. The summed E-state index contributed by atoms with van der Waals surface area (Å²) in [4.78, 5) is 8.19. The molecule has 0 saturated heterocycles. The lowest BCUT2D eigenvalue weighted by atomic mass is 10.2. The van der Waals surface area contributed by atoms with E-state index in [4.69, 9.17) is 9.47 Å². The number of imidazole rings is 1. The second-order valence-corrected chi connectivity index (χ2v) is 7.16. The topological polar surface area (TPSA) is 83.3 Å². The Labute approximate surface area is 145 Å². The molecule has 0 aliphatic heterocycles. The van der Waals surface area contributed by atoms with E-state index in [2.05, 4.69) is 9.97 Å². The van der Waals surface area contributed by atoms with Crippen LogP contribution in [-0.4, -0.2) is 37.2 Å². The lowest BCUT2D eigenvalue weighted by molar-refractivity contribution is 0.356. The number of pyridine rings is 1. The molecule has 0 aliphatic carbocycles. The Morgan fingerprint density at radius 1 is 1.04 bits per heavy atom. The molecule has 7 nitrogen and oxygen atoms in total. The third-order valence-electron chi connectivity index (χ3n) is 3.65. The zero-order valence-corrected chi connectivity index (χ0v) is 14.6. The van der Waals surface area contributed by atoms with Gasteiger partial charge < -0.3 is 14.0 Å². The van der Waals surface area contributed by atoms with E-state index in [0.29, 0.717) is 6.54 Å². The summed E-state index contributed by atoms with van der Waals surface area (Å²) >= 11 is 0. The first-order chi connectivity index (χ1) is 12.0. The Morgan fingerprint density at radius 3 is 2.40 bits per heavy atom. The molecule has 3 aromatic rings. The highest BCUT2D eigenvalue weighted by molar-refractivity contribution is 7.91. The first kappa shape index (κ1) is 17.0. The molecule has 1 aromatic carbocycles. The van der Waals surface area contributed by atoms with E-state index in [-0.39, 0.29) is 21.6 Å². The maximum atomic E-state index is 12.9.